The minimum Gasteiger partial charge on any atom is -0.497 e. The van der Waals surface area contributed by atoms with E-state index >= 15 is 0 Å². The van der Waals surface area contributed by atoms with Crippen LogP contribution in [0, 0.1) is 0 Å². The van der Waals surface area contributed by atoms with Crippen molar-refractivity contribution in [2.45, 2.75) is 0 Å². The van der Waals surface area contributed by atoms with Gasteiger partial charge in [0.05, 0.1) is 18.4 Å². The highest BCUT2D eigenvalue weighted by Gasteiger charge is 2.16. The van der Waals surface area contributed by atoms with Gasteiger partial charge in [-0.05, 0) is 36.4 Å². The first kappa shape index (κ1) is 17.8. The minimum atomic E-state index is -0.963. The molecule has 0 unspecified atom stereocenters. The Balaban J connectivity index is 1.76. The normalized spacial score (nSPS) is 11.1. The zero-order valence-corrected chi connectivity index (χ0v) is 16.0. The van der Waals surface area contributed by atoms with Gasteiger partial charge in [0.15, 0.2) is 11.5 Å². The molecule has 0 spiro atoms. The van der Waals surface area contributed by atoms with Crippen LogP contribution in [0.3, 0.4) is 0 Å². The molecule has 0 radical (unpaired) electrons. The third kappa shape index (κ3) is 2.84. The first-order chi connectivity index (χ1) is 14.7. The lowest BCUT2D eigenvalue weighted by Gasteiger charge is -2.09. The highest BCUT2D eigenvalue weighted by atomic mass is 16.5. The van der Waals surface area contributed by atoms with Gasteiger partial charge in [0.1, 0.15) is 5.75 Å². The molecule has 0 aliphatic rings. The Morgan fingerprint density at radius 1 is 0.867 bits per heavy atom. The lowest BCUT2D eigenvalue weighted by Crippen LogP contribution is -2.00. The molecular weight excluding hydrogens is 380 g/mol. The predicted molar refractivity (Wildman–Crippen MR) is 113 cm³/mol. The molecule has 0 saturated heterocycles. The summed E-state index contributed by atoms with van der Waals surface area (Å²) in [5.74, 6) is 0.405. The fraction of sp³-hybridized carbons (Fsp3) is 0.0435. The average molecular weight is 396 g/mol. The summed E-state index contributed by atoms with van der Waals surface area (Å²) in [6.45, 7) is 0. The number of aromatic nitrogens is 4. The third-order valence-electron chi connectivity index (χ3n) is 5.02. The van der Waals surface area contributed by atoms with Crippen LogP contribution in [0.1, 0.15) is 10.4 Å². The molecule has 0 atom stereocenters. The van der Waals surface area contributed by atoms with E-state index in [1.54, 1.807) is 35.9 Å². The molecule has 5 aromatic rings. The maximum absolute atomic E-state index is 11.2. The van der Waals surface area contributed by atoms with Crippen LogP contribution in [0.2, 0.25) is 0 Å². The molecule has 7 nitrogen and oxygen atoms in total. The zero-order chi connectivity index (χ0) is 20.7. The Bertz CT molecular complexity index is 1390. The van der Waals surface area contributed by atoms with Gasteiger partial charge in [-0.15, -0.1) is 10.2 Å². The summed E-state index contributed by atoms with van der Waals surface area (Å²) in [7, 11) is 1.62. The van der Waals surface area contributed by atoms with Gasteiger partial charge < -0.3 is 9.84 Å². The van der Waals surface area contributed by atoms with E-state index in [1.807, 2.05) is 48.5 Å². The monoisotopic (exact) mass is 396 g/mol. The smallest absolute Gasteiger partial charge is 0.335 e. The van der Waals surface area contributed by atoms with Crippen molar-refractivity contribution in [2.24, 2.45) is 0 Å². The third-order valence-corrected chi connectivity index (χ3v) is 5.02. The van der Waals surface area contributed by atoms with E-state index in [-0.39, 0.29) is 5.56 Å². The Morgan fingerprint density at radius 2 is 1.53 bits per heavy atom. The Hall–Kier alpha value is -4.26. The lowest BCUT2D eigenvalue weighted by atomic mass is 10.0. The van der Waals surface area contributed by atoms with E-state index in [4.69, 9.17) is 9.84 Å². The number of carboxylic acid groups (broad SMARTS) is 1. The number of methoxy groups -OCH3 is 1. The molecule has 2 heterocycles. The van der Waals surface area contributed by atoms with E-state index in [9.17, 15) is 9.90 Å². The Labute approximate surface area is 171 Å². The second kappa shape index (κ2) is 6.97. The van der Waals surface area contributed by atoms with Crippen LogP contribution in [0.5, 0.6) is 5.75 Å². The fourth-order valence-electron chi connectivity index (χ4n) is 3.48. The maximum Gasteiger partial charge on any atom is 0.335 e. The number of hydrogen-bond donors (Lipinski definition) is 1. The number of fused-ring (bicyclic) bond motifs is 3. The molecule has 2 aromatic heterocycles. The van der Waals surface area contributed by atoms with Gasteiger partial charge in [-0.2, -0.15) is 9.61 Å². The Kier molecular flexibility index (Phi) is 4.14. The summed E-state index contributed by atoms with van der Waals surface area (Å²) >= 11 is 0. The molecule has 30 heavy (non-hydrogen) atoms. The van der Waals surface area contributed by atoms with Gasteiger partial charge in [-0.1, -0.05) is 36.4 Å². The van der Waals surface area contributed by atoms with Crippen molar-refractivity contribution in [1.82, 2.24) is 19.8 Å². The van der Waals surface area contributed by atoms with Crippen molar-refractivity contribution in [3.8, 4) is 28.4 Å². The number of carbonyl (C=O) groups is 1. The summed E-state index contributed by atoms with van der Waals surface area (Å²) in [5.41, 5.74) is 3.28. The predicted octanol–water partition coefficient (Wildman–Crippen LogP) is 4.32. The van der Waals surface area contributed by atoms with Crippen LogP contribution in [-0.2, 0) is 0 Å². The van der Waals surface area contributed by atoms with E-state index in [2.05, 4.69) is 10.2 Å². The molecule has 0 aliphatic heterocycles. The van der Waals surface area contributed by atoms with Gasteiger partial charge >= 0.3 is 5.97 Å². The number of carboxylic acids is 1. The SMILES string of the molecule is COc1ccc(-c2nnc3c4ccccc4c(-c4ccc(C(=O)O)cc4)nn23)cc1. The quantitative estimate of drug-likeness (QED) is 0.487. The molecule has 0 bridgehead atoms. The molecule has 5 rings (SSSR count). The first-order valence-corrected chi connectivity index (χ1v) is 9.28. The van der Waals surface area contributed by atoms with Crippen molar-refractivity contribution >= 4 is 22.4 Å². The molecule has 3 aromatic carbocycles. The van der Waals surface area contributed by atoms with Crippen LogP contribution < -0.4 is 4.74 Å². The maximum atomic E-state index is 11.2. The van der Waals surface area contributed by atoms with Crippen molar-refractivity contribution < 1.29 is 14.6 Å². The molecule has 0 aliphatic carbocycles. The van der Waals surface area contributed by atoms with Gasteiger partial charge in [-0.3, -0.25) is 0 Å². The summed E-state index contributed by atoms with van der Waals surface area (Å²) in [5, 5.41) is 24.6. The minimum absolute atomic E-state index is 0.229. The van der Waals surface area contributed by atoms with Gasteiger partial charge in [0, 0.05) is 21.9 Å². The van der Waals surface area contributed by atoms with E-state index in [0.717, 1.165) is 33.3 Å². The lowest BCUT2D eigenvalue weighted by molar-refractivity contribution is 0.0697. The molecular formula is C23H16N4O3. The largest absolute Gasteiger partial charge is 0.497 e. The molecule has 1 N–H and O–H groups in total. The average Bonchev–Trinajstić information content (AvgIpc) is 3.23. The van der Waals surface area contributed by atoms with Crippen molar-refractivity contribution in [1.29, 1.82) is 0 Å². The Morgan fingerprint density at radius 3 is 2.20 bits per heavy atom. The number of hydrogen-bond acceptors (Lipinski definition) is 5. The molecule has 146 valence electrons. The second-order valence-corrected chi connectivity index (χ2v) is 6.76. The summed E-state index contributed by atoms with van der Waals surface area (Å²) in [6.07, 6.45) is 0. The summed E-state index contributed by atoms with van der Waals surface area (Å²) in [4.78, 5) is 11.2. The van der Waals surface area contributed by atoms with Crippen LogP contribution >= 0.6 is 0 Å². The van der Waals surface area contributed by atoms with Gasteiger partial charge in [0.25, 0.3) is 0 Å². The van der Waals surface area contributed by atoms with Crippen LogP contribution in [0.25, 0.3) is 39.1 Å². The number of ether oxygens (including phenoxy) is 1. The van der Waals surface area contributed by atoms with Crippen LogP contribution in [0.4, 0.5) is 0 Å². The molecule has 0 amide bonds. The fourth-order valence-corrected chi connectivity index (χ4v) is 3.48. The van der Waals surface area contributed by atoms with Crippen molar-refractivity contribution in [3.05, 3.63) is 78.4 Å². The number of nitrogens with zero attached hydrogens (tertiary/aromatic N) is 4. The van der Waals surface area contributed by atoms with E-state index in [1.165, 1.54) is 0 Å². The molecule has 0 fully saturated rings. The highest BCUT2D eigenvalue weighted by Crippen LogP contribution is 2.31. The second-order valence-electron chi connectivity index (χ2n) is 6.76. The van der Waals surface area contributed by atoms with E-state index < -0.39 is 5.97 Å². The van der Waals surface area contributed by atoms with Crippen molar-refractivity contribution in [3.63, 3.8) is 0 Å². The number of aromatic carboxylic acids is 1. The highest BCUT2D eigenvalue weighted by molar-refractivity contribution is 6.02. The van der Waals surface area contributed by atoms with Gasteiger partial charge in [-0.25, -0.2) is 4.79 Å². The topological polar surface area (TPSA) is 89.6 Å². The molecule has 7 heteroatoms. The number of benzene rings is 3. The first-order valence-electron chi connectivity index (χ1n) is 9.28. The van der Waals surface area contributed by atoms with E-state index in [0.29, 0.717) is 11.5 Å². The standard InChI is InChI=1S/C23H16N4O3/c1-30-17-12-10-15(11-13-17)21-24-25-22-19-5-3-2-4-18(19)20(26-27(21)22)14-6-8-16(9-7-14)23(28)29/h2-13H,1H3,(H,28,29). The van der Waals surface area contributed by atoms with Gasteiger partial charge in [0.2, 0.25) is 0 Å². The van der Waals surface area contributed by atoms with Crippen LogP contribution in [-0.4, -0.2) is 38.0 Å². The molecule has 0 saturated carbocycles. The summed E-state index contributed by atoms with van der Waals surface area (Å²) < 4.78 is 6.96. The number of rotatable bonds is 4. The zero-order valence-electron chi connectivity index (χ0n) is 16.0. The summed E-state index contributed by atoms with van der Waals surface area (Å²) in [6, 6.07) is 22.1. The van der Waals surface area contributed by atoms with Crippen molar-refractivity contribution in [2.75, 3.05) is 7.11 Å². The van der Waals surface area contributed by atoms with Crippen LogP contribution in [0.15, 0.2) is 72.8 Å².